The predicted octanol–water partition coefficient (Wildman–Crippen LogP) is 1.82. The number of hydrogen-bond donors (Lipinski definition) is 1. The smallest absolute Gasteiger partial charge is 0.407 e. The first-order valence-electron chi connectivity index (χ1n) is 11.6. The molecule has 0 bridgehead atoms. The Bertz CT molecular complexity index is 820. The highest BCUT2D eigenvalue weighted by Crippen LogP contribution is 2.40. The third-order valence-electron chi connectivity index (χ3n) is 5.39. The van der Waals surface area contributed by atoms with Gasteiger partial charge >= 0.3 is 35.8 Å². The first-order chi connectivity index (χ1) is 16.7. The number of rotatable bonds is 10. The molecule has 0 spiro atoms. The third kappa shape index (κ3) is 7.77. The number of methoxy groups -OCH3 is 1. The summed E-state index contributed by atoms with van der Waals surface area (Å²) in [7, 11) is 0.921. The van der Waals surface area contributed by atoms with Crippen molar-refractivity contribution in [2.75, 3.05) is 13.7 Å². The Morgan fingerprint density at radius 1 is 1.03 bits per heavy atom. The second-order valence-corrected chi connectivity index (χ2v) is 8.89. The molecule has 1 rings (SSSR count). The van der Waals surface area contributed by atoms with Crippen LogP contribution in [0.4, 0.5) is 9.18 Å². The zero-order valence-corrected chi connectivity index (χ0v) is 21.8. The van der Waals surface area contributed by atoms with Gasteiger partial charge in [-0.15, -0.1) is 0 Å². The molecule has 0 aromatic heterocycles. The van der Waals surface area contributed by atoms with Gasteiger partial charge in [0.2, 0.25) is 6.17 Å². The average molecular weight is 522 g/mol. The van der Waals surface area contributed by atoms with E-state index in [-0.39, 0.29) is 18.9 Å². The minimum Gasteiger partial charge on any atom is -0.464 e. The van der Waals surface area contributed by atoms with Crippen molar-refractivity contribution in [2.45, 2.75) is 91.2 Å². The van der Waals surface area contributed by atoms with Crippen LogP contribution >= 0.6 is 0 Å². The van der Waals surface area contributed by atoms with E-state index in [4.69, 9.17) is 23.7 Å². The summed E-state index contributed by atoms with van der Waals surface area (Å²) in [5.74, 6) is -7.92. The highest BCUT2D eigenvalue weighted by atomic mass is 19.1. The van der Waals surface area contributed by atoms with Crippen LogP contribution in [0, 0.1) is 11.8 Å². The lowest BCUT2D eigenvalue weighted by atomic mass is 9.82. The Hall–Kier alpha value is -2.96. The zero-order chi connectivity index (χ0) is 27.8. The maximum Gasteiger partial charge on any atom is 0.407 e. The van der Waals surface area contributed by atoms with Crippen molar-refractivity contribution >= 4 is 30.0 Å². The van der Waals surface area contributed by atoms with E-state index in [1.54, 1.807) is 27.7 Å². The second kappa shape index (κ2) is 13.4. The number of hydrogen-bond acceptors (Lipinski definition) is 11. The van der Waals surface area contributed by atoms with Gasteiger partial charge in [0.05, 0.1) is 25.9 Å². The lowest BCUT2D eigenvalue weighted by Gasteiger charge is -2.49. The zero-order valence-electron chi connectivity index (χ0n) is 21.8. The molecule has 0 radical (unpaired) electrons. The lowest BCUT2D eigenvalue weighted by Crippen LogP contribution is -2.73. The van der Waals surface area contributed by atoms with Gasteiger partial charge in [-0.25, -0.2) is 14.0 Å². The van der Waals surface area contributed by atoms with E-state index >= 15 is 4.39 Å². The predicted molar refractivity (Wildman–Crippen MR) is 120 cm³/mol. The van der Waals surface area contributed by atoms with Gasteiger partial charge in [0.25, 0.3) is 0 Å². The molecule has 1 aliphatic rings. The van der Waals surface area contributed by atoms with Crippen LogP contribution in [0.5, 0.6) is 0 Å². The van der Waals surface area contributed by atoms with Crippen molar-refractivity contribution in [2.24, 2.45) is 11.8 Å². The minimum absolute atomic E-state index is 0.0179. The quantitative estimate of drug-likeness (QED) is 0.331. The summed E-state index contributed by atoms with van der Waals surface area (Å²) in [5.41, 5.74) is 0. The molecular formula is C23H36FNO11. The van der Waals surface area contributed by atoms with Gasteiger partial charge in [0.1, 0.15) is 6.10 Å². The molecule has 1 heterocycles. The molecule has 13 heteroatoms. The molecule has 2 unspecified atom stereocenters. The summed E-state index contributed by atoms with van der Waals surface area (Å²) in [4.78, 5) is 60.8. The number of carbonyl (C=O) groups excluding carboxylic acids is 5. The van der Waals surface area contributed by atoms with Crippen LogP contribution in [0.15, 0.2) is 0 Å². The van der Waals surface area contributed by atoms with E-state index in [2.05, 4.69) is 10.1 Å². The number of esters is 4. The standard InChI is InChI=1S/C23H36FNO11/c1-9-16(33-13(5)26)12(4)18-17(25-22(30)32-10-11(2)3)19(34-14(6)27)20(24)23(36-18,21(29)31-8)35-15(7)28/h11-12,16-20H,9-10H2,1-8H3,(H,25,30)/t12-,16-,17+,18?,19+,20?,23-/m1/s1. The number of ether oxygens (including phenoxy) is 6. The molecule has 1 fully saturated rings. The molecule has 36 heavy (non-hydrogen) atoms. The maximum atomic E-state index is 16.0. The van der Waals surface area contributed by atoms with Crippen LogP contribution in [0.1, 0.15) is 54.9 Å². The molecule has 0 aliphatic carbocycles. The molecule has 1 aliphatic heterocycles. The SMILES string of the molecule is CC[C@@H](OC(C)=O)[C@@H](C)C1O[C@@](OC(C)=O)(C(=O)OC)C(F)[C@@H](OC(C)=O)[C@H]1NC(=O)OCC(C)C. The summed E-state index contributed by atoms with van der Waals surface area (Å²) in [6, 6.07) is -1.45. The van der Waals surface area contributed by atoms with Gasteiger partial charge in [0.15, 0.2) is 6.10 Å². The third-order valence-corrected chi connectivity index (χ3v) is 5.39. The van der Waals surface area contributed by atoms with Crippen molar-refractivity contribution in [3.63, 3.8) is 0 Å². The van der Waals surface area contributed by atoms with E-state index in [1.807, 2.05) is 0 Å². The summed E-state index contributed by atoms with van der Waals surface area (Å²) in [5, 5.41) is 2.43. The van der Waals surface area contributed by atoms with E-state index < -0.39 is 72.2 Å². The first kappa shape index (κ1) is 31.1. The number of nitrogens with one attached hydrogen (secondary N) is 1. The first-order valence-corrected chi connectivity index (χ1v) is 11.6. The molecular weight excluding hydrogens is 485 g/mol. The average Bonchev–Trinajstić information content (AvgIpc) is 2.78. The fourth-order valence-corrected chi connectivity index (χ4v) is 3.89. The molecule has 0 aromatic rings. The van der Waals surface area contributed by atoms with Gasteiger partial charge in [-0.3, -0.25) is 14.4 Å². The van der Waals surface area contributed by atoms with Crippen molar-refractivity contribution in [3.8, 4) is 0 Å². The van der Waals surface area contributed by atoms with Gasteiger partial charge < -0.3 is 33.7 Å². The molecule has 1 N–H and O–H groups in total. The topological polar surface area (TPSA) is 153 Å². The number of alkyl halides is 1. The number of carbonyl (C=O) groups is 5. The molecule has 206 valence electrons. The number of halogens is 1. The van der Waals surface area contributed by atoms with Crippen molar-refractivity contribution in [1.29, 1.82) is 0 Å². The summed E-state index contributed by atoms with van der Waals surface area (Å²) in [6.45, 7) is 9.98. The van der Waals surface area contributed by atoms with Crippen LogP contribution < -0.4 is 5.32 Å². The van der Waals surface area contributed by atoms with Gasteiger partial charge in [-0.1, -0.05) is 27.7 Å². The Balaban J connectivity index is 3.67. The highest BCUT2D eigenvalue weighted by molar-refractivity contribution is 5.83. The van der Waals surface area contributed by atoms with Crippen LogP contribution in [-0.4, -0.2) is 80.0 Å². The monoisotopic (exact) mass is 521 g/mol. The van der Waals surface area contributed by atoms with Crippen LogP contribution in [0.25, 0.3) is 0 Å². The molecule has 1 saturated heterocycles. The minimum atomic E-state index is -2.98. The van der Waals surface area contributed by atoms with Gasteiger partial charge in [-0.05, 0) is 12.3 Å². The van der Waals surface area contributed by atoms with E-state index in [0.29, 0.717) is 0 Å². The normalized spacial score (nSPS) is 27.3. The largest absolute Gasteiger partial charge is 0.464 e. The van der Waals surface area contributed by atoms with Crippen LogP contribution in [-0.2, 0) is 47.6 Å². The van der Waals surface area contributed by atoms with Crippen LogP contribution in [0.3, 0.4) is 0 Å². The fourth-order valence-electron chi connectivity index (χ4n) is 3.89. The van der Waals surface area contributed by atoms with Crippen LogP contribution in [0.2, 0.25) is 0 Å². The Labute approximate surface area is 209 Å². The lowest BCUT2D eigenvalue weighted by molar-refractivity contribution is -0.320. The summed E-state index contributed by atoms with van der Waals surface area (Å²) < 4.78 is 47.1. The Kier molecular flexibility index (Phi) is 11.5. The molecule has 7 atom stereocenters. The van der Waals surface area contributed by atoms with E-state index in [0.717, 1.165) is 21.0 Å². The van der Waals surface area contributed by atoms with Crippen molar-refractivity contribution in [3.05, 3.63) is 0 Å². The summed E-state index contributed by atoms with van der Waals surface area (Å²) >= 11 is 0. The number of amides is 1. The second-order valence-electron chi connectivity index (χ2n) is 8.89. The van der Waals surface area contributed by atoms with E-state index in [1.165, 1.54) is 6.92 Å². The summed E-state index contributed by atoms with van der Waals surface area (Å²) in [6.07, 6.45) is -7.45. The molecule has 1 amide bonds. The van der Waals surface area contributed by atoms with E-state index in [9.17, 15) is 24.0 Å². The highest BCUT2D eigenvalue weighted by Gasteiger charge is 2.66. The maximum absolute atomic E-state index is 16.0. The molecule has 0 aromatic carbocycles. The molecule has 12 nitrogen and oxygen atoms in total. The molecule has 0 saturated carbocycles. The Morgan fingerprint density at radius 2 is 1.64 bits per heavy atom. The van der Waals surface area contributed by atoms with Gasteiger partial charge in [0, 0.05) is 26.7 Å². The Morgan fingerprint density at radius 3 is 2.08 bits per heavy atom. The number of alkyl carbamates (subject to hydrolysis) is 1. The fraction of sp³-hybridized carbons (Fsp3) is 0.783. The van der Waals surface area contributed by atoms with Gasteiger partial charge in [-0.2, -0.15) is 0 Å². The van der Waals surface area contributed by atoms with Crippen molar-refractivity contribution < 1.29 is 56.8 Å². The van der Waals surface area contributed by atoms with Crippen molar-refractivity contribution in [1.82, 2.24) is 5.32 Å².